The smallest absolute Gasteiger partial charge is 0.326 e. The van der Waals surface area contributed by atoms with E-state index in [4.69, 9.17) is 5.84 Å². The molecule has 16 heavy (non-hydrogen) atoms. The maximum atomic E-state index is 11.1. The van der Waals surface area contributed by atoms with Crippen LogP contribution >= 0.6 is 0 Å². The van der Waals surface area contributed by atoms with E-state index in [9.17, 15) is 9.59 Å². The van der Waals surface area contributed by atoms with Crippen molar-refractivity contribution in [1.29, 1.82) is 0 Å². The Morgan fingerprint density at radius 1 is 1.38 bits per heavy atom. The molecule has 0 radical (unpaired) electrons. The summed E-state index contributed by atoms with van der Waals surface area (Å²) in [6.45, 7) is 0. The van der Waals surface area contributed by atoms with Gasteiger partial charge in [0.2, 0.25) is 5.91 Å². The molecule has 0 bridgehead atoms. The number of hydrazine groups is 1. The minimum atomic E-state index is -0.472. The Hall–Kier alpha value is -2.08. The number of aryl methyl sites for hydroxylation is 1. The number of hydrogen-bond donors (Lipinski definition) is 4. The van der Waals surface area contributed by atoms with Gasteiger partial charge in [-0.3, -0.25) is 10.2 Å². The topological polar surface area (TPSA) is 96.2 Å². The van der Waals surface area contributed by atoms with E-state index < -0.39 is 6.03 Å². The number of nitrogens with two attached hydrogens (primary N) is 1. The number of rotatable bonds is 1. The van der Waals surface area contributed by atoms with Crippen LogP contribution in [-0.2, 0) is 11.2 Å². The fourth-order valence-corrected chi connectivity index (χ4v) is 1.63. The molecule has 0 saturated heterocycles. The second-order valence-electron chi connectivity index (χ2n) is 3.52. The summed E-state index contributed by atoms with van der Waals surface area (Å²) in [6.07, 6.45) is 1.15. The van der Waals surface area contributed by atoms with Gasteiger partial charge in [-0.05, 0) is 30.2 Å². The lowest BCUT2D eigenvalue weighted by Gasteiger charge is -2.17. The third kappa shape index (κ3) is 2.12. The van der Waals surface area contributed by atoms with Crippen molar-refractivity contribution in [3.8, 4) is 0 Å². The Labute approximate surface area is 92.2 Å². The zero-order chi connectivity index (χ0) is 11.5. The van der Waals surface area contributed by atoms with E-state index in [1.54, 1.807) is 12.1 Å². The van der Waals surface area contributed by atoms with E-state index in [2.05, 4.69) is 10.6 Å². The number of carbonyl (C=O) groups is 2. The van der Waals surface area contributed by atoms with Crippen LogP contribution in [0.15, 0.2) is 18.2 Å². The van der Waals surface area contributed by atoms with Crippen LogP contribution in [0.25, 0.3) is 0 Å². The van der Waals surface area contributed by atoms with Gasteiger partial charge < -0.3 is 10.6 Å². The van der Waals surface area contributed by atoms with Crippen molar-refractivity contribution in [3.05, 3.63) is 23.8 Å². The highest BCUT2D eigenvalue weighted by atomic mass is 16.2. The average Bonchev–Trinajstić information content (AvgIpc) is 2.29. The first-order valence-corrected chi connectivity index (χ1v) is 4.89. The number of urea groups is 1. The summed E-state index contributed by atoms with van der Waals surface area (Å²) >= 11 is 0. The molecule has 0 aliphatic carbocycles. The molecule has 1 aromatic rings. The summed E-state index contributed by atoms with van der Waals surface area (Å²) in [6, 6.07) is 4.82. The van der Waals surface area contributed by atoms with Crippen LogP contribution in [0, 0.1) is 0 Å². The van der Waals surface area contributed by atoms with Gasteiger partial charge in [0.05, 0.1) is 0 Å². The van der Waals surface area contributed by atoms with Gasteiger partial charge in [0, 0.05) is 17.8 Å². The molecule has 5 N–H and O–H groups in total. The third-order valence-corrected chi connectivity index (χ3v) is 2.39. The van der Waals surface area contributed by atoms with Gasteiger partial charge in [-0.15, -0.1) is 0 Å². The number of anilines is 2. The summed E-state index contributed by atoms with van der Waals surface area (Å²) in [5, 5.41) is 5.33. The van der Waals surface area contributed by atoms with Gasteiger partial charge in [-0.1, -0.05) is 0 Å². The molecule has 0 spiro atoms. The normalized spacial score (nSPS) is 13.7. The Bertz CT molecular complexity index is 444. The SMILES string of the molecule is NNC(=O)Nc1ccc2c(c1)CCC(=O)N2. The lowest BCUT2D eigenvalue weighted by atomic mass is 10.0. The molecule has 0 saturated carbocycles. The highest BCUT2D eigenvalue weighted by Crippen LogP contribution is 2.25. The van der Waals surface area contributed by atoms with Gasteiger partial charge in [-0.25, -0.2) is 10.6 Å². The van der Waals surface area contributed by atoms with Gasteiger partial charge in [0.15, 0.2) is 0 Å². The first kappa shape index (κ1) is 10.4. The van der Waals surface area contributed by atoms with Crippen molar-refractivity contribution < 1.29 is 9.59 Å². The van der Waals surface area contributed by atoms with Crippen molar-refractivity contribution in [2.75, 3.05) is 10.6 Å². The lowest BCUT2D eigenvalue weighted by Crippen LogP contribution is -2.34. The fraction of sp³-hybridized carbons (Fsp3) is 0.200. The number of nitrogens with one attached hydrogen (secondary N) is 3. The molecule has 1 heterocycles. The van der Waals surface area contributed by atoms with Crippen LogP contribution in [0.1, 0.15) is 12.0 Å². The molecule has 1 aliphatic rings. The third-order valence-electron chi connectivity index (χ3n) is 2.39. The second kappa shape index (κ2) is 4.19. The molecule has 0 unspecified atom stereocenters. The summed E-state index contributed by atoms with van der Waals surface area (Å²) in [7, 11) is 0. The van der Waals surface area contributed by atoms with Crippen LogP contribution < -0.4 is 21.9 Å². The summed E-state index contributed by atoms with van der Waals surface area (Å²) in [4.78, 5) is 22.1. The first-order valence-electron chi connectivity index (χ1n) is 4.89. The van der Waals surface area contributed by atoms with Crippen LogP contribution in [0.4, 0.5) is 16.2 Å². The minimum Gasteiger partial charge on any atom is -0.326 e. The fourth-order valence-electron chi connectivity index (χ4n) is 1.63. The number of amides is 3. The highest BCUT2D eigenvalue weighted by Gasteiger charge is 2.14. The summed E-state index contributed by atoms with van der Waals surface area (Å²) in [5.74, 6) is 4.98. The number of carbonyl (C=O) groups excluding carboxylic acids is 2. The quantitative estimate of drug-likeness (QED) is 0.316. The standard InChI is InChI=1S/C10H12N4O2/c11-14-10(16)12-7-2-3-8-6(5-7)1-4-9(15)13-8/h2-3,5H,1,4,11H2,(H,13,15)(H2,12,14,16). The van der Waals surface area contributed by atoms with Crippen molar-refractivity contribution in [3.63, 3.8) is 0 Å². The molecule has 0 atom stereocenters. The van der Waals surface area contributed by atoms with Gasteiger partial charge in [-0.2, -0.15) is 0 Å². The Kier molecular flexibility index (Phi) is 2.74. The maximum Gasteiger partial charge on any atom is 0.333 e. The number of benzene rings is 1. The van der Waals surface area contributed by atoms with E-state index in [0.717, 1.165) is 11.3 Å². The molecule has 84 valence electrons. The molecule has 6 heteroatoms. The highest BCUT2D eigenvalue weighted by molar-refractivity contribution is 5.95. The molecular formula is C10H12N4O2. The molecule has 0 fully saturated rings. The zero-order valence-electron chi connectivity index (χ0n) is 8.54. The molecule has 1 aliphatic heterocycles. The number of fused-ring (bicyclic) bond motifs is 1. The van der Waals surface area contributed by atoms with Gasteiger partial charge in [0.25, 0.3) is 0 Å². The number of hydrogen-bond acceptors (Lipinski definition) is 3. The zero-order valence-corrected chi connectivity index (χ0v) is 8.54. The maximum absolute atomic E-state index is 11.1. The van der Waals surface area contributed by atoms with Crippen LogP contribution in [-0.4, -0.2) is 11.9 Å². The Balaban J connectivity index is 2.19. The molecular weight excluding hydrogens is 208 g/mol. The summed E-state index contributed by atoms with van der Waals surface area (Å²) < 4.78 is 0. The molecule has 2 rings (SSSR count). The first-order chi connectivity index (χ1) is 7.69. The molecule has 6 nitrogen and oxygen atoms in total. The van der Waals surface area contributed by atoms with Crippen molar-refractivity contribution in [2.24, 2.45) is 5.84 Å². The predicted octanol–water partition coefficient (Wildman–Crippen LogP) is 0.566. The summed E-state index contributed by atoms with van der Waals surface area (Å²) in [5.41, 5.74) is 4.44. The van der Waals surface area contributed by atoms with Crippen LogP contribution in [0.5, 0.6) is 0 Å². The monoisotopic (exact) mass is 220 g/mol. The van der Waals surface area contributed by atoms with E-state index in [-0.39, 0.29) is 5.91 Å². The minimum absolute atomic E-state index is 0.0212. The van der Waals surface area contributed by atoms with Crippen molar-refractivity contribution in [1.82, 2.24) is 5.43 Å². The van der Waals surface area contributed by atoms with E-state index in [1.165, 1.54) is 0 Å². The van der Waals surface area contributed by atoms with Crippen molar-refractivity contribution >= 4 is 23.3 Å². The Morgan fingerprint density at radius 3 is 2.94 bits per heavy atom. The van der Waals surface area contributed by atoms with E-state index in [1.807, 2.05) is 11.5 Å². The van der Waals surface area contributed by atoms with Crippen LogP contribution in [0.3, 0.4) is 0 Å². The molecule has 0 aromatic heterocycles. The largest absolute Gasteiger partial charge is 0.333 e. The second-order valence-corrected chi connectivity index (χ2v) is 3.52. The van der Waals surface area contributed by atoms with E-state index >= 15 is 0 Å². The van der Waals surface area contributed by atoms with Crippen molar-refractivity contribution in [2.45, 2.75) is 12.8 Å². The lowest BCUT2D eigenvalue weighted by molar-refractivity contribution is -0.116. The predicted molar refractivity (Wildman–Crippen MR) is 59.7 cm³/mol. The van der Waals surface area contributed by atoms with Crippen LogP contribution in [0.2, 0.25) is 0 Å². The average molecular weight is 220 g/mol. The van der Waals surface area contributed by atoms with Gasteiger partial charge in [0.1, 0.15) is 0 Å². The molecule has 1 aromatic carbocycles. The van der Waals surface area contributed by atoms with E-state index in [0.29, 0.717) is 18.5 Å². The molecule has 3 amide bonds. The van der Waals surface area contributed by atoms with Gasteiger partial charge >= 0.3 is 6.03 Å². The Morgan fingerprint density at radius 2 is 2.19 bits per heavy atom.